The van der Waals surface area contributed by atoms with Crippen molar-refractivity contribution in [2.75, 3.05) is 6.54 Å². The van der Waals surface area contributed by atoms with Crippen molar-refractivity contribution in [3.63, 3.8) is 0 Å². The normalized spacial score (nSPS) is 14.5. The third-order valence-electron chi connectivity index (χ3n) is 6.71. The van der Waals surface area contributed by atoms with E-state index in [1.165, 1.54) is 133 Å². The Bertz CT molecular complexity index is 525. The zero-order valence-electron chi connectivity index (χ0n) is 21.8. The molecule has 184 valence electrons. The fourth-order valence-electron chi connectivity index (χ4n) is 4.70. The number of nitrogens with one attached hydrogen (secondary N) is 1. The van der Waals surface area contributed by atoms with Crippen LogP contribution in [0.5, 0.6) is 0 Å². The van der Waals surface area contributed by atoms with E-state index in [-0.39, 0.29) is 0 Å². The first-order chi connectivity index (χ1) is 15.8. The minimum atomic E-state index is 0.765. The van der Waals surface area contributed by atoms with Crippen LogP contribution in [0.3, 0.4) is 0 Å². The molecule has 0 aliphatic carbocycles. The highest BCUT2D eigenvalue weighted by Crippen LogP contribution is 2.27. The molecular weight excluding hydrogens is 386 g/mol. The van der Waals surface area contributed by atoms with Crippen LogP contribution in [-0.4, -0.2) is 6.54 Å². The van der Waals surface area contributed by atoms with Gasteiger partial charge < -0.3 is 5.32 Å². The van der Waals surface area contributed by atoms with E-state index in [1.54, 1.807) is 0 Å². The first kappa shape index (κ1) is 28.8. The molecule has 1 atom stereocenters. The maximum absolute atomic E-state index is 4.44. The van der Waals surface area contributed by atoms with Crippen molar-refractivity contribution in [1.82, 2.24) is 5.32 Å². The molecule has 0 spiro atoms. The molecule has 1 nitrogen and oxygen atoms in total. The Morgan fingerprint density at radius 1 is 0.875 bits per heavy atom. The van der Waals surface area contributed by atoms with E-state index >= 15 is 0 Å². The molecule has 0 amide bonds. The highest BCUT2D eigenvalue weighted by molar-refractivity contribution is 5.22. The molecule has 1 aliphatic heterocycles. The van der Waals surface area contributed by atoms with Crippen LogP contribution in [0.2, 0.25) is 0 Å². The average Bonchev–Trinajstić information content (AvgIpc) is 2.80. The number of rotatable bonds is 22. The lowest BCUT2D eigenvalue weighted by Gasteiger charge is -2.20. The Kier molecular flexibility index (Phi) is 19.4. The molecule has 1 rings (SSSR count). The lowest BCUT2D eigenvalue weighted by Crippen LogP contribution is -2.12. The van der Waals surface area contributed by atoms with Crippen molar-refractivity contribution >= 4 is 0 Å². The second-order valence-corrected chi connectivity index (χ2v) is 10.0. The first-order valence-electron chi connectivity index (χ1n) is 14.2. The number of unbranched alkanes of at least 4 members (excludes halogenated alkanes) is 12. The maximum atomic E-state index is 4.44. The van der Waals surface area contributed by atoms with Gasteiger partial charge in [0.25, 0.3) is 0 Å². The lowest BCUT2D eigenvalue weighted by molar-refractivity contribution is 0.451. The van der Waals surface area contributed by atoms with Crippen molar-refractivity contribution < 1.29 is 0 Å². The van der Waals surface area contributed by atoms with E-state index in [4.69, 9.17) is 0 Å². The largest absolute Gasteiger partial charge is 0.387 e. The monoisotopic (exact) mass is 441 g/mol. The molecule has 0 aromatic carbocycles. The highest BCUT2D eigenvalue weighted by Gasteiger charge is 2.12. The minimum absolute atomic E-state index is 0.765. The van der Waals surface area contributed by atoms with Gasteiger partial charge in [-0.15, -0.1) is 0 Å². The Morgan fingerprint density at radius 2 is 1.50 bits per heavy atom. The zero-order chi connectivity index (χ0) is 23.1. The molecule has 1 heterocycles. The van der Waals surface area contributed by atoms with Crippen molar-refractivity contribution in [2.24, 2.45) is 5.92 Å². The Balaban J connectivity index is 2.00. The van der Waals surface area contributed by atoms with E-state index in [0.29, 0.717) is 0 Å². The van der Waals surface area contributed by atoms with Crippen LogP contribution in [0.25, 0.3) is 0 Å². The molecule has 1 N–H and O–H groups in total. The van der Waals surface area contributed by atoms with Crippen LogP contribution >= 0.6 is 0 Å². The first-order valence-corrected chi connectivity index (χ1v) is 14.2. The van der Waals surface area contributed by atoms with Gasteiger partial charge in [-0.05, 0) is 75.5 Å². The third kappa shape index (κ3) is 17.3. The molecule has 0 bridgehead atoms. The summed E-state index contributed by atoms with van der Waals surface area (Å²) in [5, 5.41) is 3.36. The summed E-state index contributed by atoms with van der Waals surface area (Å²) < 4.78 is 0. The summed E-state index contributed by atoms with van der Waals surface area (Å²) in [6.07, 6.45) is 37.1. The van der Waals surface area contributed by atoms with Gasteiger partial charge in [-0.2, -0.15) is 0 Å². The van der Waals surface area contributed by atoms with Crippen LogP contribution in [-0.2, 0) is 0 Å². The van der Waals surface area contributed by atoms with E-state index < -0.39 is 0 Å². The summed E-state index contributed by atoms with van der Waals surface area (Å²) in [5.41, 5.74) is 2.95. The second-order valence-electron chi connectivity index (χ2n) is 10.0. The summed E-state index contributed by atoms with van der Waals surface area (Å²) >= 11 is 0. The van der Waals surface area contributed by atoms with Crippen molar-refractivity contribution in [2.45, 2.75) is 136 Å². The topological polar surface area (TPSA) is 12.0 Å². The number of dihydropyridines is 1. The average molecular weight is 442 g/mol. The van der Waals surface area contributed by atoms with Crippen LogP contribution in [0.4, 0.5) is 0 Å². The number of hydrogen-bond donors (Lipinski definition) is 1. The molecule has 0 aromatic rings. The molecule has 0 radical (unpaired) electrons. The van der Waals surface area contributed by atoms with Gasteiger partial charge in [0.15, 0.2) is 0 Å². The molecule has 1 unspecified atom stereocenters. The molecule has 1 heteroatoms. The van der Waals surface area contributed by atoms with Gasteiger partial charge >= 0.3 is 0 Å². The van der Waals surface area contributed by atoms with Gasteiger partial charge in [-0.1, -0.05) is 115 Å². The molecule has 32 heavy (non-hydrogen) atoms. The van der Waals surface area contributed by atoms with Crippen LogP contribution in [0.15, 0.2) is 48.2 Å². The fraction of sp³-hybridized carbons (Fsp3) is 0.742. The zero-order valence-corrected chi connectivity index (χ0v) is 21.8. The highest BCUT2D eigenvalue weighted by atomic mass is 14.8. The quantitative estimate of drug-likeness (QED) is 0.130. The van der Waals surface area contributed by atoms with E-state index in [1.807, 2.05) is 0 Å². The standard InChI is InChI=1S/C31H55N/c1-4-6-8-9-10-11-12-13-14-15-16-17-18-19-20-22-29(3)26-30(23-7-5-2)27-31-24-21-25-32-28-31/h13-14,21,24,28,30,32H,3-12,15-20,22-23,25-27H2,1-2H3. The molecule has 0 aromatic heterocycles. The summed E-state index contributed by atoms with van der Waals surface area (Å²) in [6.45, 7) is 10.0. The Hall–Kier alpha value is -1.24. The van der Waals surface area contributed by atoms with Gasteiger partial charge in [0.1, 0.15) is 0 Å². The van der Waals surface area contributed by atoms with Gasteiger partial charge in [0.2, 0.25) is 0 Å². The number of allylic oxidation sites excluding steroid dienone is 5. The summed E-state index contributed by atoms with van der Waals surface area (Å²) in [4.78, 5) is 0. The predicted molar refractivity (Wildman–Crippen MR) is 146 cm³/mol. The Labute approximate surface area is 201 Å². The predicted octanol–water partition coefficient (Wildman–Crippen LogP) is 10.2. The van der Waals surface area contributed by atoms with E-state index in [0.717, 1.165) is 12.5 Å². The molecule has 0 saturated carbocycles. The van der Waals surface area contributed by atoms with Crippen LogP contribution < -0.4 is 5.32 Å². The molecular formula is C31H55N. The Morgan fingerprint density at radius 3 is 2.12 bits per heavy atom. The SMILES string of the molecule is C=C(CCCCCCCC=CCCCCCCCC)CC(CCCC)CC1=CNCC=C1. The van der Waals surface area contributed by atoms with Crippen molar-refractivity contribution in [1.29, 1.82) is 0 Å². The summed E-state index contributed by atoms with van der Waals surface area (Å²) in [6, 6.07) is 0. The van der Waals surface area contributed by atoms with Gasteiger partial charge in [0.05, 0.1) is 0 Å². The van der Waals surface area contributed by atoms with Crippen LogP contribution in [0.1, 0.15) is 136 Å². The van der Waals surface area contributed by atoms with Crippen molar-refractivity contribution in [3.05, 3.63) is 48.2 Å². The van der Waals surface area contributed by atoms with Gasteiger partial charge in [-0.25, -0.2) is 0 Å². The van der Waals surface area contributed by atoms with Crippen molar-refractivity contribution in [3.8, 4) is 0 Å². The number of hydrogen-bond acceptors (Lipinski definition) is 1. The van der Waals surface area contributed by atoms with E-state index in [9.17, 15) is 0 Å². The smallest absolute Gasteiger partial charge is 0.0328 e. The summed E-state index contributed by atoms with van der Waals surface area (Å²) in [5.74, 6) is 0.765. The lowest BCUT2D eigenvalue weighted by atomic mass is 9.87. The molecule has 0 fully saturated rings. The third-order valence-corrected chi connectivity index (χ3v) is 6.71. The van der Waals surface area contributed by atoms with E-state index in [2.05, 4.69) is 56.2 Å². The maximum Gasteiger partial charge on any atom is 0.0328 e. The van der Waals surface area contributed by atoms with Gasteiger partial charge in [-0.3, -0.25) is 0 Å². The molecule has 1 aliphatic rings. The van der Waals surface area contributed by atoms with Crippen LogP contribution in [0, 0.1) is 5.92 Å². The van der Waals surface area contributed by atoms with Gasteiger partial charge in [0, 0.05) is 6.54 Å². The second kappa shape index (κ2) is 21.6. The minimum Gasteiger partial charge on any atom is -0.387 e. The molecule has 0 saturated heterocycles. The summed E-state index contributed by atoms with van der Waals surface area (Å²) in [7, 11) is 0. The fourth-order valence-corrected chi connectivity index (χ4v) is 4.70.